The first-order chi connectivity index (χ1) is 19.8. The summed E-state index contributed by atoms with van der Waals surface area (Å²) in [5.74, 6) is -0.436. The van der Waals surface area contributed by atoms with Crippen molar-refractivity contribution in [3.8, 4) is 0 Å². The molecule has 3 N–H and O–H groups in total. The quantitative estimate of drug-likeness (QED) is 0.117. The number of carbonyl (C=O) groups is 1. The van der Waals surface area contributed by atoms with E-state index in [-0.39, 0.29) is 35.3 Å². The second kappa shape index (κ2) is 12.5. The number of ketones is 1. The van der Waals surface area contributed by atoms with Gasteiger partial charge in [0.15, 0.2) is 5.78 Å². The third-order valence-corrected chi connectivity index (χ3v) is 6.49. The summed E-state index contributed by atoms with van der Waals surface area (Å²) in [6, 6.07) is 23.3. The van der Waals surface area contributed by atoms with Crippen LogP contribution >= 0.6 is 23.2 Å². The summed E-state index contributed by atoms with van der Waals surface area (Å²) < 4.78 is 26.7. The van der Waals surface area contributed by atoms with Gasteiger partial charge in [0.2, 0.25) is 17.8 Å². The normalized spacial score (nSPS) is 10.9. The van der Waals surface area contributed by atoms with E-state index in [4.69, 9.17) is 23.2 Å². The molecule has 0 amide bonds. The van der Waals surface area contributed by atoms with Crippen LogP contribution in [0.4, 0.5) is 43.7 Å². The number of rotatable bonds is 9. The van der Waals surface area contributed by atoms with Crippen molar-refractivity contribution in [2.75, 3.05) is 16.0 Å². The molecule has 7 nitrogen and oxygen atoms in total. The number of carbonyl (C=O) groups excluding carboxylic acids is 1. The molecule has 0 saturated carbocycles. The number of benzene rings is 4. The van der Waals surface area contributed by atoms with Gasteiger partial charge in [-0.05, 0) is 96.6 Å². The van der Waals surface area contributed by atoms with Crippen LogP contribution in [-0.4, -0.2) is 20.7 Å². The number of nitrogens with zero attached hydrogens (tertiary/aromatic N) is 3. The molecule has 1 aromatic heterocycles. The van der Waals surface area contributed by atoms with Crippen molar-refractivity contribution in [3.63, 3.8) is 0 Å². The number of halogens is 4. The van der Waals surface area contributed by atoms with Gasteiger partial charge >= 0.3 is 0 Å². The second-order valence-electron chi connectivity index (χ2n) is 8.61. The van der Waals surface area contributed by atoms with E-state index in [1.165, 1.54) is 30.3 Å². The Morgan fingerprint density at radius 1 is 0.634 bits per heavy atom. The third-order valence-electron chi connectivity index (χ3n) is 5.66. The van der Waals surface area contributed by atoms with Crippen molar-refractivity contribution in [2.45, 2.75) is 0 Å². The Bertz CT molecular complexity index is 1650. The fourth-order valence-electron chi connectivity index (χ4n) is 3.63. The van der Waals surface area contributed by atoms with E-state index in [1.807, 2.05) is 0 Å². The molecule has 5 rings (SSSR count). The third kappa shape index (κ3) is 7.42. The molecule has 0 unspecified atom stereocenters. The molecule has 5 aromatic rings. The zero-order valence-corrected chi connectivity index (χ0v) is 22.6. The van der Waals surface area contributed by atoms with E-state index in [9.17, 15) is 13.6 Å². The van der Waals surface area contributed by atoms with E-state index < -0.39 is 0 Å². The van der Waals surface area contributed by atoms with Crippen molar-refractivity contribution in [3.05, 3.63) is 130 Å². The number of aromatic nitrogens is 3. The first kappa shape index (κ1) is 27.7. The lowest BCUT2D eigenvalue weighted by atomic mass is 10.1. The topological polar surface area (TPSA) is 91.8 Å². The molecule has 0 aliphatic heterocycles. The van der Waals surface area contributed by atoms with Crippen molar-refractivity contribution >= 4 is 70.0 Å². The predicted molar refractivity (Wildman–Crippen MR) is 159 cm³/mol. The van der Waals surface area contributed by atoms with Crippen molar-refractivity contribution in [2.24, 2.45) is 0 Å². The van der Waals surface area contributed by atoms with Gasteiger partial charge in [-0.1, -0.05) is 35.3 Å². The Kier molecular flexibility index (Phi) is 8.47. The Balaban J connectivity index is 1.35. The van der Waals surface area contributed by atoms with Crippen LogP contribution in [-0.2, 0) is 0 Å². The Morgan fingerprint density at radius 2 is 1.07 bits per heavy atom. The van der Waals surface area contributed by atoms with Gasteiger partial charge in [0.05, 0.1) is 10.0 Å². The molecule has 0 bridgehead atoms. The fraction of sp³-hybridized carbons (Fsp3) is 0. The summed E-state index contributed by atoms with van der Waals surface area (Å²) in [6.07, 6.45) is 3.03. The Labute approximate surface area is 243 Å². The molecule has 0 atom stereocenters. The molecular formula is C30H20Cl2F2N6O. The Hall–Kier alpha value is -4.86. The average molecular weight is 589 g/mol. The molecule has 0 spiro atoms. The maximum Gasteiger partial charge on any atom is 0.233 e. The molecule has 0 saturated heterocycles. The minimum Gasteiger partial charge on any atom is -0.324 e. The van der Waals surface area contributed by atoms with Gasteiger partial charge in [-0.15, -0.1) is 0 Å². The highest BCUT2D eigenvalue weighted by Gasteiger charge is 2.10. The monoisotopic (exact) mass is 588 g/mol. The smallest absolute Gasteiger partial charge is 0.233 e. The molecule has 0 radical (unpaired) electrons. The van der Waals surface area contributed by atoms with Crippen molar-refractivity contribution in [1.82, 2.24) is 15.0 Å². The molecule has 41 heavy (non-hydrogen) atoms. The summed E-state index contributed by atoms with van der Waals surface area (Å²) in [4.78, 5) is 25.8. The van der Waals surface area contributed by atoms with Crippen LogP contribution in [0.1, 0.15) is 15.9 Å². The summed E-state index contributed by atoms with van der Waals surface area (Å²) in [7, 11) is 0. The van der Waals surface area contributed by atoms with Crippen LogP contribution in [0.5, 0.6) is 0 Å². The molecule has 4 aromatic carbocycles. The zero-order chi connectivity index (χ0) is 28.8. The van der Waals surface area contributed by atoms with E-state index in [2.05, 4.69) is 30.9 Å². The van der Waals surface area contributed by atoms with Crippen LogP contribution < -0.4 is 16.0 Å². The highest BCUT2D eigenvalue weighted by Crippen LogP contribution is 2.27. The first-order valence-corrected chi connectivity index (χ1v) is 12.9. The number of hydrogen-bond acceptors (Lipinski definition) is 7. The summed E-state index contributed by atoms with van der Waals surface area (Å²) in [5.41, 5.74) is 2.82. The number of hydrogen-bond donors (Lipinski definition) is 3. The average Bonchev–Trinajstić information content (AvgIpc) is 2.96. The van der Waals surface area contributed by atoms with Crippen molar-refractivity contribution < 1.29 is 13.6 Å². The zero-order valence-electron chi connectivity index (χ0n) is 21.1. The molecule has 11 heteroatoms. The first-order valence-electron chi connectivity index (χ1n) is 12.2. The van der Waals surface area contributed by atoms with Gasteiger partial charge < -0.3 is 16.0 Å². The minimum absolute atomic E-state index is 0.176. The highest BCUT2D eigenvalue weighted by atomic mass is 35.5. The lowest BCUT2D eigenvalue weighted by Crippen LogP contribution is -2.07. The second-order valence-corrected chi connectivity index (χ2v) is 9.40. The largest absolute Gasteiger partial charge is 0.324 e. The van der Waals surface area contributed by atoms with Crippen LogP contribution in [0.25, 0.3) is 6.08 Å². The van der Waals surface area contributed by atoms with Gasteiger partial charge in [-0.25, -0.2) is 8.78 Å². The highest BCUT2D eigenvalue weighted by molar-refractivity contribution is 6.42. The number of nitrogens with one attached hydrogen (secondary N) is 3. The number of allylic oxidation sites excluding steroid dienone is 1. The van der Waals surface area contributed by atoms with Gasteiger partial charge in [-0.3, -0.25) is 4.79 Å². The number of anilines is 6. The van der Waals surface area contributed by atoms with E-state index in [0.717, 1.165) is 0 Å². The summed E-state index contributed by atoms with van der Waals surface area (Å²) in [6.45, 7) is 0. The lowest BCUT2D eigenvalue weighted by Gasteiger charge is -2.12. The molecule has 0 aliphatic carbocycles. The van der Waals surface area contributed by atoms with Gasteiger partial charge in [0.1, 0.15) is 11.6 Å². The van der Waals surface area contributed by atoms with Crippen molar-refractivity contribution in [1.29, 1.82) is 0 Å². The molecular weight excluding hydrogens is 569 g/mol. The standard InChI is InChI=1S/C30H20Cl2F2N6O/c31-25-3-1-2-19(27(25)32)6-17-26(41)18-4-11-22(12-5-18)35-28-38-29(36-23-13-7-20(33)8-14-23)40-30(39-28)37-24-15-9-21(34)10-16-24/h1-17H,(H3,35,36,37,38,39,40)/b17-6+. The fourth-order valence-corrected chi connectivity index (χ4v) is 4.00. The maximum absolute atomic E-state index is 13.3. The van der Waals surface area contributed by atoms with Crippen LogP contribution in [0, 0.1) is 11.6 Å². The summed E-state index contributed by atoms with van der Waals surface area (Å²) in [5, 5.41) is 9.89. The molecule has 1 heterocycles. The maximum atomic E-state index is 13.3. The van der Waals surface area contributed by atoms with E-state index in [1.54, 1.807) is 72.8 Å². The molecule has 0 fully saturated rings. The van der Waals surface area contributed by atoms with Crippen LogP contribution in [0.3, 0.4) is 0 Å². The Morgan fingerprint density at radius 3 is 1.54 bits per heavy atom. The lowest BCUT2D eigenvalue weighted by molar-refractivity contribution is 0.104. The van der Waals surface area contributed by atoms with Gasteiger partial charge in [0, 0.05) is 22.6 Å². The van der Waals surface area contributed by atoms with Gasteiger partial charge in [-0.2, -0.15) is 15.0 Å². The van der Waals surface area contributed by atoms with E-state index >= 15 is 0 Å². The van der Waals surface area contributed by atoms with Crippen LogP contribution in [0.15, 0.2) is 97.1 Å². The predicted octanol–water partition coefficient (Wildman–Crippen LogP) is 8.58. The molecule has 0 aliphatic rings. The SMILES string of the molecule is O=C(/C=C/c1cccc(Cl)c1Cl)c1ccc(Nc2nc(Nc3ccc(F)cc3)nc(Nc3ccc(F)cc3)n2)cc1. The van der Waals surface area contributed by atoms with E-state index in [0.29, 0.717) is 38.2 Å². The molecule has 204 valence electrons. The van der Waals surface area contributed by atoms with Gasteiger partial charge in [0.25, 0.3) is 0 Å². The summed E-state index contributed by atoms with van der Waals surface area (Å²) >= 11 is 12.2. The minimum atomic E-state index is -0.377. The van der Waals surface area contributed by atoms with Crippen LogP contribution in [0.2, 0.25) is 10.0 Å².